The van der Waals surface area contributed by atoms with Crippen molar-refractivity contribution in [2.45, 2.75) is 70.3 Å². The number of aliphatic hydroxyl groups excluding tert-OH is 1. The van der Waals surface area contributed by atoms with Gasteiger partial charge in [-0.05, 0) is 44.4 Å². The van der Waals surface area contributed by atoms with Crippen molar-refractivity contribution in [3.63, 3.8) is 0 Å². The molecule has 1 saturated heterocycles. The number of hydrogen-bond acceptors (Lipinski definition) is 6. The molecule has 2 aliphatic rings. The summed E-state index contributed by atoms with van der Waals surface area (Å²) in [5.74, 6) is -0.975. The average molecular weight is 441 g/mol. The van der Waals surface area contributed by atoms with Gasteiger partial charge in [0.25, 0.3) is 5.91 Å². The van der Waals surface area contributed by atoms with Gasteiger partial charge in [-0.1, -0.05) is 25.7 Å². The molecule has 1 unspecified atom stereocenters. The van der Waals surface area contributed by atoms with E-state index in [0.29, 0.717) is 56.2 Å². The largest absolute Gasteiger partial charge is 0.396 e. The molecule has 1 heterocycles. The molecule has 1 saturated carbocycles. The summed E-state index contributed by atoms with van der Waals surface area (Å²) in [6.07, 6.45) is 8.41. The molecule has 4 N–H and O–H groups in total. The Morgan fingerprint density at radius 1 is 1.10 bits per heavy atom. The predicted molar refractivity (Wildman–Crippen MR) is 112 cm³/mol. The molecule has 10 nitrogen and oxygen atoms in total. The summed E-state index contributed by atoms with van der Waals surface area (Å²) < 4.78 is 0. The third-order valence-corrected chi connectivity index (χ3v) is 6.17. The Morgan fingerprint density at radius 2 is 1.84 bits per heavy atom. The summed E-state index contributed by atoms with van der Waals surface area (Å²) in [6, 6.07) is -1.33. The highest BCUT2D eigenvalue weighted by atomic mass is 16.5. The van der Waals surface area contributed by atoms with Gasteiger partial charge in [0.2, 0.25) is 12.3 Å². The van der Waals surface area contributed by atoms with Crippen LogP contribution in [-0.4, -0.2) is 76.8 Å². The Labute approximate surface area is 183 Å². The Morgan fingerprint density at radius 3 is 2.52 bits per heavy atom. The van der Waals surface area contributed by atoms with Crippen molar-refractivity contribution in [2.24, 2.45) is 11.8 Å². The molecule has 0 bridgehead atoms. The van der Waals surface area contributed by atoms with Crippen LogP contribution >= 0.6 is 0 Å². The van der Waals surface area contributed by atoms with Gasteiger partial charge in [-0.2, -0.15) is 0 Å². The molecule has 0 aromatic heterocycles. The highest BCUT2D eigenvalue weighted by Crippen LogP contribution is 2.32. The summed E-state index contributed by atoms with van der Waals surface area (Å²) in [5.41, 5.74) is 0. The van der Waals surface area contributed by atoms with Crippen LogP contribution in [0.5, 0.6) is 0 Å². The number of unbranched alkanes of at least 4 members (excludes halogenated alkanes) is 2. The summed E-state index contributed by atoms with van der Waals surface area (Å²) in [4.78, 5) is 50.2. The number of hydrogen-bond donors (Lipinski definition) is 4. The number of aliphatic hydroxyl groups is 1. The van der Waals surface area contributed by atoms with Gasteiger partial charge in [-0.25, -0.2) is 9.86 Å². The zero-order valence-electron chi connectivity index (χ0n) is 18.1. The summed E-state index contributed by atoms with van der Waals surface area (Å²) in [7, 11) is 0. The van der Waals surface area contributed by atoms with Crippen molar-refractivity contribution in [1.82, 2.24) is 20.6 Å². The number of urea groups is 1. The molecule has 1 aliphatic carbocycles. The van der Waals surface area contributed by atoms with Gasteiger partial charge in [-0.15, -0.1) is 0 Å². The first kappa shape index (κ1) is 25.1. The van der Waals surface area contributed by atoms with E-state index in [9.17, 15) is 24.4 Å². The fourth-order valence-corrected chi connectivity index (χ4v) is 4.56. The molecule has 176 valence electrons. The molecule has 0 aromatic carbocycles. The fraction of sp³-hybridized carbons (Fsp3) is 0.810. The minimum Gasteiger partial charge on any atom is -0.396 e. The highest BCUT2D eigenvalue weighted by Gasteiger charge is 2.39. The maximum atomic E-state index is 13.2. The summed E-state index contributed by atoms with van der Waals surface area (Å²) in [5, 5.41) is 23.8. The first-order chi connectivity index (χ1) is 15.0. The highest BCUT2D eigenvalue weighted by molar-refractivity contribution is 5.99. The molecular formula is C21H36N4O6. The summed E-state index contributed by atoms with van der Waals surface area (Å²) in [6.45, 7) is 0.818. The lowest BCUT2D eigenvalue weighted by atomic mass is 9.91. The van der Waals surface area contributed by atoms with E-state index in [-0.39, 0.29) is 25.5 Å². The van der Waals surface area contributed by atoms with E-state index in [1.807, 2.05) is 0 Å². The van der Waals surface area contributed by atoms with E-state index < -0.39 is 23.9 Å². The van der Waals surface area contributed by atoms with Gasteiger partial charge in [0.1, 0.15) is 6.04 Å². The van der Waals surface area contributed by atoms with Crippen LogP contribution < -0.4 is 10.6 Å². The Balaban J connectivity index is 1.92. The Kier molecular flexibility index (Phi) is 10.7. The quantitative estimate of drug-likeness (QED) is 0.155. The number of carbonyl (C=O) groups excluding carboxylic acids is 4. The van der Waals surface area contributed by atoms with Crippen molar-refractivity contribution >= 4 is 24.3 Å². The zero-order valence-corrected chi connectivity index (χ0v) is 18.1. The Bertz CT molecular complexity index is 611. The van der Waals surface area contributed by atoms with Gasteiger partial charge in [-0.3, -0.25) is 24.9 Å². The minimum atomic E-state index is -0.734. The molecule has 2 rings (SSSR count). The van der Waals surface area contributed by atoms with Crippen LogP contribution in [0.4, 0.5) is 4.79 Å². The molecule has 5 amide bonds. The maximum absolute atomic E-state index is 13.2. The van der Waals surface area contributed by atoms with Gasteiger partial charge in [0.05, 0.1) is 12.5 Å². The van der Waals surface area contributed by atoms with Gasteiger partial charge >= 0.3 is 6.03 Å². The first-order valence-corrected chi connectivity index (χ1v) is 11.4. The molecule has 2 fully saturated rings. The molecule has 2 atom stereocenters. The van der Waals surface area contributed by atoms with Crippen LogP contribution in [0.3, 0.4) is 0 Å². The lowest BCUT2D eigenvalue weighted by molar-refractivity contribution is -0.158. The van der Waals surface area contributed by atoms with Crippen LogP contribution in [0.2, 0.25) is 0 Å². The van der Waals surface area contributed by atoms with E-state index in [0.717, 1.165) is 32.1 Å². The number of carbonyl (C=O) groups is 4. The van der Waals surface area contributed by atoms with Crippen molar-refractivity contribution in [3.05, 3.63) is 0 Å². The molecule has 0 aromatic rings. The predicted octanol–water partition coefficient (Wildman–Crippen LogP) is 1.01. The normalized spacial score (nSPS) is 19.8. The monoisotopic (exact) mass is 440 g/mol. The number of rotatable bonds is 12. The number of nitrogens with one attached hydrogen (secondary N) is 2. The third-order valence-electron chi connectivity index (χ3n) is 6.17. The molecule has 31 heavy (non-hydrogen) atoms. The number of nitrogens with zero attached hydrogens (tertiary/aromatic N) is 2. The fourth-order valence-electron chi connectivity index (χ4n) is 4.56. The molecule has 1 aliphatic heterocycles. The third kappa shape index (κ3) is 8.10. The topological polar surface area (TPSA) is 139 Å². The SMILES string of the molecule is O=CN(O)CC(CC1CCCC1)C(=O)N1CCC[C@H]1C(=O)NC(=O)NCCCCCO. The minimum absolute atomic E-state index is 0.0992. The van der Waals surface area contributed by atoms with Crippen LogP contribution in [-0.2, 0) is 14.4 Å². The number of amides is 5. The number of imide groups is 1. The van der Waals surface area contributed by atoms with Crippen molar-refractivity contribution in [1.29, 1.82) is 0 Å². The van der Waals surface area contributed by atoms with E-state index in [4.69, 9.17) is 5.11 Å². The lowest BCUT2D eigenvalue weighted by Crippen LogP contribution is -2.52. The van der Waals surface area contributed by atoms with Crippen molar-refractivity contribution in [3.8, 4) is 0 Å². The first-order valence-electron chi connectivity index (χ1n) is 11.4. The maximum Gasteiger partial charge on any atom is 0.321 e. The zero-order chi connectivity index (χ0) is 22.6. The van der Waals surface area contributed by atoms with Crippen LogP contribution in [0, 0.1) is 11.8 Å². The van der Waals surface area contributed by atoms with E-state index >= 15 is 0 Å². The van der Waals surface area contributed by atoms with Crippen LogP contribution in [0.25, 0.3) is 0 Å². The number of likely N-dealkylation sites (tertiary alicyclic amines) is 1. The van der Waals surface area contributed by atoms with E-state index in [2.05, 4.69) is 10.6 Å². The van der Waals surface area contributed by atoms with Gasteiger partial charge in [0.15, 0.2) is 0 Å². The summed E-state index contributed by atoms with van der Waals surface area (Å²) >= 11 is 0. The molecular weight excluding hydrogens is 404 g/mol. The molecule has 0 spiro atoms. The van der Waals surface area contributed by atoms with E-state index in [1.165, 1.54) is 4.90 Å². The molecule has 0 radical (unpaired) electrons. The van der Waals surface area contributed by atoms with Crippen molar-refractivity contribution in [2.75, 3.05) is 26.2 Å². The van der Waals surface area contributed by atoms with Crippen LogP contribution in [0.15, 0.2) is 0 Å². The van der Waals surface area contributed by atoms with Gasteiger partial charge < -0.3 is 15.3 Å². The molecule has 10 heteroatoms. The number of hydroxylamine groups is 2. The second kappa shape index (κ2) is 13.3. The van der Waals surface area contributed by atoms with Crippen molar-refractivity contribution < 1.29 is 29.5 Å². The Hall–Kier alpha value is -2.20. The smallest absolute Gasteiger partial charge is 0.321 e. The second-order valence-corrected chi connectivity index (χ2v) is 8.53. The average Bonchev–Trinajstić information content (AvgIpc) is 3.44. The second-order valence-electron chi connectivity index (χ2n) is 8.53. The standard InChI is InChI=1S/C21H36N4O6/c26-12-5-1-4-10-22-21(30)23-19(28)18-9-6-11-25(18)20(29)17(14-24(31)15-27)13-16-7-2-3-8-16/h15-18,26,31H,1-14H2,(H2,22,23,28,30)/t17?,18-/m0/s1. The van der Waals surface area contributed by atoms with Gasteiger partial charge in [0, 0.05) is 19.7 Å². The van der Waals surface area contributed by atoms with E-state index in [1.54, 1.807) is 0 Å². The lowest BCUT2D eigenvalue weighted by Gasteiger charge is -2.30. The van der Waals surface area contributed by atoms with Crippen LogP contribution in [0.1, 0.15) is 64.2 Å².